The van der Waals surface area contributed by atoms with Crippen molar-refractivity contribution in [1.82, 2.24) is 14.8 Å². The van der Waals surface area contributed by atoms with Crippen molar-refractivity contribution >= 4 is 23.4 Å². The van der Waals surface area contributed by atoms with E-state index in [1.807, 2.05) is 79.9 Å². The van der Waals surface area contributed by atoms with Crippen LogP contribution in [0, 0.1) is 27.7 Å². The van der Waals surface area contributed by atoms with Gasteiger partial charge in [-0.2, -0.15) is 0 Å². The van der Waals surface area contributed by atoms with Crippen molar-refractivity contribution in [2.24, 2.45) is 0 Å². The molecule has 1 amide bonds. The monoisotopic (exact) mass is 472 g/mol. The maximum absolute atomic E-state index is 12.8. The van der Waals surface area contributed by atoms with Gasteiger partial charge in [-0.05, 0) is 63.1 Å². The molecule has 1 heterocycles. The van der Waals surface area contributed by atoms with E-state index in [1.54, 1.807) is 0 Å². The van der Waals surface area contributed by atoms with Crippen molar-refractivity contribution in [2.75, 3.05) is 11.1 Å². The van der Waals surface area contributed by atoms with Crippen molar-refractivity contribution in [3.63, 3.8) is 0 Å². The summed E-state index contributed by atoms with van der Waals surface area (Å²) < 4.78 is 7.89. The molecule has 34 heavy (non-hydrogen) atoms. The maximum Gasteiger partial charge on any atom is 0.234 e. The summed E-state index contributed by atoms with van der Waals surface area (Å²) in [7, 11) is 0. The molecule has 0 spiro atoms. The van der Waals surface area contributed by atoms with Crippen molar-refractivity contribution < 1.29 is 9.53 Å². The number of ether oxygens (including phenoxy) is 1. The summed E-state index contributed by atoms with van der Waals surface area (Å²) in [6.45, 7) is 8.37. The smallest absolute Gasteiger partial charge is 0.234 e. The van der Waals surface area contributed by atoms with E-state index in [-0.39, 0.29) is 18.3 Å². The van der Waals surface area contributed by atoms with E-state index < -0.39 is 0 Å². The molecule has 0 unspecified atom stereocenters. The largest absolute Gasteiger partial charge is 0.486 e. The van der Waals surface area contributed by atoms with E-state index in [2.05, 4.69) is 34.6 Å². The summed E-state index contributed by atoms with van der Waals surface area (Å²) in [5.41, 5.74) is 6.25. The van der Waals surface area contributed by atoms with Gasteiger partial charge >= 0.3 is 0 Å². The Bertz CT molecular complexity index is 1260. The third-order valence-corrected chi connectivity index (χ3v) is 6.31. The van der Waals surface area contributed by atoms with Gasteiger partial charge in [0.25, 0.3) is 0 Å². The lowest BCUT2D eigenvalue weighted by molar-refractivity contribution is -0.113. The molecule has 0 aliphatic heterocycles. The number of carbonyl (C=O) groups excluding carboxylic acids is 1. The quantitative estimate of drug-likeness (QED) is 0.328. The van der Waals surface area contributed by atoms with Gasteiger partial charge in [0.15, 0.2) is 11.0 Å². The SMILES string of the molecule is Cc1ccc(OCc2nnc(SCC(=O)Nc3c(C)cc(C)cc3C)n2-c2ccccc2)cc1. The molecular formula is C27H28N4O2S. The van der Waals surface area contributed by atoms with Crippen molar-refractivity contribution in [3.05, 3.63) is 94.8 Å². The number of amides is 1. The van der Waals surface area contributed by atoms with Gasteiger partial charge in [-0.25, -0.2) is 0 Å². The third kappa shape index (κ3) is 5.66. The van der Waals surface area contributed by atoms with Crippen molar-refractivity contribution in [1.29, 1.82) is 0 Å². The highest BCUT2D eigenvalue weighted by Crippen LogP contribution is 2.25. The average molecular weight is 473 g/mol. The Balaban J connectivity index is 1.50. The van der Waals surface area contributed by atoms with Crippen LogP contribution in [0.3, 0.4) is 0 Å². The number of benzene rings is 3. The van der Waals surface area contributed by atoms with Crippen LogP contribution in [0.5, 0.6) is 5.75 Å². The van der Waals surface area contributed by atoms with Crippen LogP contribution in [0.4, 0.5) is 5.69 Å². The van der Waals surface area contributed by atoms with Gasteiger partial charge < -0.3 is 10.1 Å². The Morgan fingerprint density at radius 3 is 2.26 bits per heavy atom. The summed E-state index contributed by atoms with van der Waals surface area (Å²) in [5, 5.41) is 12.4. The van der Waals surface area contributed by atoms with Crippen LogP contribution in [0.25, 0.3) is 5.69 Å². The number of nitrogens with one attached hydrogen (secondary N) is 1. The molecule has 4 rings (SSSR count). The average Bonchev–Trinajstić information content (AvgIpc) is 3.23. The fraction of sp³-hybridized carbons (Fsp3) is 0.222. The molecule has 4 aromatic rings. The molecule has 0 saturated carbocycles. The Morgan fingerprint density at radius 2 is 1.59 bits per heavy atom. The fourth-order valence-electron chi connectivity index (χ4n) is 3.79. The summed E-state index contributed by atoms with van der Waals surface area (Å²) in [6, 6.07) is 21.9. The van der Waals surface area contributed by atoms with E-state index in [4.69, 9.17) is 4.74 Å². The molecule has 1 aromatic heterocycles. The first kappa shape index (κ1) is 23.6. The first-order chi connectivity index (χ1) is 16.4. The number of carbonyl (C=O) groups is 1. The lowest BCUT2D eigenvalue weighted by atomic mass is 10.1. The summed E-state index contributed by atoms with van der Waals surface area (Å²) >= 11 is 1.35. The van der Waals surface area contributed by atoms with Gasteiger partial charge in [-0.15, -0.1) is 10.2 Å². The predicted octanol–water partition coefficient (Wildman–Crippen LogP) is 5.81. The van der Waals surface area contributed by atoms with Gasteiger partial charge in [-0.3, -0.25) is 9.36 Å². The predicted molar refractivity (Wildman–Crippen MR) is 137 cm³/mol. The molecule has 3 aromatic carbocycles. The van der Waals surface area contributed by atoms with Crippen molar-refractivity contribution in [3.8, 4) is 11.4 Å². The van der Waals surface area contributed by atoms with Crippen LogP contribution < -0.4 is 10.1 Å². The van der Waals surface area contributed by atoms with Crippen LogP contribution in [0.2, 0.25) is 0 Å². The first-order valence-corrected chi connectivity index (χ1v) is 12.1. The molecule has 0 radical (unpaired) electrons. The minimum atomic E-state index is -0.0832. The van der Waals surface area contributed by atoms with E-state index in [0.717, 1.165) is 28.3 Å². The minimum absolute atomic E-state index is 0.0832. The van der Waals surface area contributed by atoms with E-state index in [1.165, 1.54) is 22.9 Å². The number of aromatic nitrogens is 3. The second-order valence-electron chi connectivity index (χ2n) is 8.28. The molecule has 0 atom stereocenters. The number of aryl methyl sites for hydroxylation is 4. The summed E-state index contributed by atoms with van der Waals surface area (Å²) in [4.78, 5) is 12.8. The van der Waals surface area contributed by atoms with E-state index in [9.17, 15) is 4.79 Å². The molecule has 0 aliphatic carbocycles. The number of para-hydroxylation sites is 1. The standard InChI is InChI=1S/C27H28N4O2S/c1-18-10-12-23(13-11-18)33-16-24-29-30-27(31(24)22-8-6-5-7-9-22)34-17-25(32)28-26-20(3)14-19(2)15-21(26)4/h5-15H,16-17H2,1-4H3,(H,28,32). The van der Waals surface area contributed by atoms with Crippen molar-refractivity contribution in [2.45, 2.75) is 39.5 Å². The molecule has 7 heteroatoms. The molecule has 6 nitrogen and oxygen atoms in total. The first-order valence-electron chi connectivity index (χ1n) is 11.1. The second-order valence-corrected chi connectivity index (χ2v) is 9.22. The highest BCUT2D eigenvalue weighted by Gasteiger charge is 2.17. The van der Waals surface area contributed by atoms with Crippen LogP contribution in [-0.2, 0) is 11.4 Å². The molecule has 0 bridgehead atoms. The van der Waals surface area contributed by atoms with Gasteiger partial charge in [0.1, 0.15) is 12.4 Å². The zero-order valence-corrected chi connectivity index (χ0v) is 20.6. The number of rotatable bonds is 8. The Hall–Kier alpha value is -3.58. The molecule has 0 saturated heterocycles. The second kappa shape index (κ2) is 10.6. The van der Waals surface area contributed by atoms with Crippen LogP contribution in [0.15, 0.2) is 71.9 Å². The van der Waals surface area contributed by atoms with Gasteiger partial charge in [0.2, 0.25) is 5.91 Å². The lowest BCUT2D eigenvalue weighted by Gasteiger charge is -2.13. The number of hydrogen-bond acceptors (Lipinski definition) is 5. The Morgan fingerprint density at radius 1 is 0.912 bits per heavy atom. The zero-order chi connectivity index (χ0) is 24.1. The number of thioether (sulfide) groups is 1. The number of nitrogens with zero attached hydrogens (tertiary/aromatic N) is 3. The molecule has 1 N–H and O–H groups in total. The maximum atomic E-state index is 12.8. The zero-order valence-electron chi connectivity index (χ0n) is 19.8. The Kier molecular flexibility index (Phi) is 7.33. The minimum Gasteiger partial charge on any atom is -0.486 e. The van der Waals surface area contributed by atoms with Crippen LogP contribution in [0.1, 0.15) is 28.1 Å². The lowest BCUT2D eigenvalue weighted by Crippen LogP contribution is -2.16. The van der Waals surface area contributed by atoms with Crippen LogP contribution >= 0.6 is 11.8 Å². The summed E-state index contributed by atoms with van der Waals surface area (Å²) in [5.74, 6) is 1.57. The summed E-state index contributed by atoms with van der Waals surface area (Å²) in [6.07, 6.45) is 0. The highest BCUT2D eigenvalue weighted by atomic mass is 32.2. The molecule has 0 fully saturated rings. The highest BCUT2D eigenvalue weighted by molar-refractivity contribution is 7.99. The molecule has 0 aliphatic rings. The van der Waals surface area contributed by atoms with E-state index in [0.29, 0.717) is 11.0 Å². The fourth-order valence-corrected chi connectivity index (χ4v) is 4.56. The third-order valence-electron chi connectivity index (χ3n) is 5.38. The Labute approximate surface area is 204 Å². The number of anilines is 1. The topological polar surface area (TPSA) is 69.0 Å². The normalized spacial score (nSPS) is 10.8. The van der Waals surface area contributed by atoms with E-state index >= 15 is 0 Å². The van der Waals surface area contributed by atoms with Gasteiger partial charge in [0.05, 0.1) is 5.75 Å². The number of hydrogen-bond donors (Lipinski definition) is 1. The van der Waals surface area contributed by atoms with Gasteiger partial charge in [0, 0.05) is 11.4 Å². The molecule has 174 valence electrons. The van der Waals surface area contributed by atoms with Crippen LogP contribution in [-0.4, -0.2) is 26.4 Å². The van der Waals surface area contributed by atoms with Gasteiger partial charge in [-0.1, -0.05) is 65.4 Å². The molecular weight excluding hydrogens is 444 g/mol.